The Labute approximate surface area is 84.9 Å². The van der Waals surface area contributed by atoms with Crippen LogP contribution in [-0.4, -0.2) is 36.5 Å². The number of carbonyl (C=O) groups excluding carboxylic acids is 1. The Morgan fingerprint density at radius 1 is 1.71 bits per heavy atom. The Morgan fingerprint density at radius 3 is 3.14 bits per heavy atom. The highest BCUT2D eigenvalue weighted by Crippen LogP contribution is 2.05. The summed E-state index contributed by atoms with van der Waals surface area (Å²) in [7, 11) is 0. The standard InChI is InChI=1S/C10H17N3O/c1-2-3-7-13-8-6-12-9(4-5-11)10(13)14/h9,12H,2-4,6-8H2,1H3. The van der Waals surface area contributed by atoms with Crippen LogP contribution >= 0.6 is 0 Å². The van der Waals surface area contributed by atoms with Crippen molar-refractivity contribution in [2.75, 3.05) is 19.6 Å². The van der Waals surface area contributed by atoms with Crippen LogP contribution in [0.5, 0.6) is 0 Å². The molecule has 1 atom stereocenters. The van der Waals surface area contributed by atoms with Crippen molar-refractivity contribution >= 4 is 5.91 Å². The summed E-state index contributed by atoms with van der Waals surface area (Å²) < 4.78 is 0. The van der Waals surface area contributed by atoms with Gasteiger partial charge in [-0.25, -0.2) is 0 Å². The zero-order valence-electron chi connectivity index (χ0n) is 8.62. The van der Waals surface area contributed by atoms with Gasteiger partial charge in [0.05, 0.1) is 12.5 Å². The van der Waals surface area contributed by atoms with Gasteiger partial charge in [0.2, 0.25) is 5.91 Å². The minimum atomic E-state index is -0.273. The van der Waals surface area contributed by atoms with Crippen LogP contribution in [-0.2, 0) is 4.79 Å². The second kappa shape index (κ2) is 5.61. The summed E-state index contributed by atoms with van der Waals surface area (Å²) in [6, 6.07) is 1.76. The van der Waals surface area contributed by atoms with E-state index in [1.165, 1.54) is 0 Å². The van der Waals surface area contributed by atoms with E-state index in [0.29, 0.717) is 0 Å². The Morgan fingerprint density at radius 2 is 2.50 bits per heavy atom. The zero-order chi connectivity index (χ0) is 10.4. The molecule has 1 aliphatic rings. The number of nitriles is 1. The monoisotopic (exact) mass is 195 g/mol. The molecule has 0 aromatic rings. The topological polar surface area (TPSA) is 56.1 Å². The van der Waals surface area contributed by atoms with Gasteiger partial charge in [-0.3, -0.25) is 4.79 Å². The molecule has 1 rings (SSSR count). The molecule has 0 aromatic carbocycles. The van der Waals surface area contributed by atoms with Gasteiger partial charge in [-0.1, -0.05) is 13.3 Å². The van der Waals surface area contributed by atoms with Gasteiger partial charge in [-0.05, 0) is 6.42 Å². The lowest BCUT2D eigenvalue weighted by atomic mass is 10.1. The molecule has 14 heavy (non-hydrogen) atoms. The normalized spacial score (nSPS) is 22.1. The number of hydrogen-bond donors (Lipinski definition) is 1. The molecular formula is C10H17N3O. The van der Waals surface area contributed by atoms with Crippen LogP contribution in [0.4, 0.5) is 0 Å². The maximum atomic E-state index is 11.7. The van der Waals surface area contributed by atoms with Gasteiger partial charge in [-0.15, -0.1) is 0 Å². The van der Waals surface area contributed by atoms with Crippen LogP contribution in [0.25, 0.3) is 0 Å². The van der Waals surface area contributed by atoms with Crippen molar-refractivity contribution in [2.24, 2.45) is 0 Å². The van der Waals surface area contributed by atoms with Crippen LogP contribution in [0.15, 0.2) is 0 Å². The lowest BCUT2D eigenvalue weighted by Gasteiger charge is -2.32. The van der Waals surface area contributed by atoms with Crippen LogP contribution in [0, 0.1) is 11.3 Å². The Bertz CT molecular complexity index is 234. The van der Waals surface area contributed by atoms with Gasteiger partial charge in [0.15, 0.2) is 0 Å². The third-order valence-corrected chi connectivity index (χ3v) is 2.46. The zero-order valence-corrected chi connectivity index (χ0v) is 8.62. The average molecular weight is 195 g/mol. The number of hydrogen-bond acceptors (Lipinski definition) is 3. The smallest absolute Gasteiger partial charge is 0.240 e. The van der Waals surface area contributed by atoms with Crippen molar-refractivity contribution in [1.82, 2.24) is 10.2 Å². The average Bonchev–Trinajstić information content (AvgIpc) is 2.20. The number of nitrogens with zero attached hydrogens (tertiary/aromatic N) is 2. The molecule has 0 spiro atoms. The van der Waals surface area contributed by atoms with Crippen LogP contribution in [0.2, 0.25) is 0 Å². The minimum Gasteiger partial charge on any atom is -0.340 e. The third kappa shape index (κ3) is 2.71. The molecule has 0 saturated carbocycles. The Kier molecular flexibility index (Phi) is 4.41. The number of nitrogens with one attached hydrogen (secondary N) is 1. The van der Waals surface area contributed by atoms with E-state index in [9.17, 15) is 4.79 Å². The summed E-state index contributed by atoms with van der Waals surface area (Å²) in [5.74, 6) is 0.0891. The molecule has 0 bridgehead atoms. The Hall–Kier alpha value is -1.08. The SMILES string of the molecule is CCCCN1CCNC(CC#N)C1=O. The van der Waals surface area contributed by atoms with Crippen molar-refractivity contribution in [3.8, 4) is 6.07 Å². The molecule has 0 radical (unpaired) electrons. The molecule has 78 valence electrons. The molecule has 0 aromatic heterocycles. The fourth-order valence-electron chi connectivity index (χ4n) is 1.61. The third-order valence-electron chi connectivity index (χ3n) is 2.46. The minimum absolute atomic E-state index is 0.0891. The largest absolute Gasteiger partial charge is 0.340 e. The molecule has 0 aliphatic carbocycles. The van der Waals surface area contributed by atoms with Gasteiger partial charge in [0.25, 0.3) is 0 Å². The highest BCUT2D eigenvalue weighted by molar-refractivity contribution is 5.82. The first-order valence-electron chi connectivity index (χ1n) is 5.18. The van der Waals surface area contributed by atoms with Gasteiger partial charge in [0.1, 0.15) is 6.04 Å². The lowest BCUT2D eigenvalue weighted by molar-refractivity contribution is -0.135. The first kappa shape index (κ1) is 11.0. The molecule has 1 heterocycles. The van der Waals surface area contributed by atoms with Crippen molar-refractivity contribution in [2.45, 2.75) is 32.2 Å². The number of rotatable bonds is 4. The quantitative estimate of drug-likeness (QED) is 0.710. The summed E-state index contributed by atoms with van der Waals surface area (Å²) in [6.07, 6.45) is 2.42. The van der Waals surface area contributed by atoms with Gasteiger partial charge in [-0.2, -0.15) is 5.26 Å². The van der Waals surface area contributed by atoms with Crippen molar-refractivity contribution in [3.63, 3.8) is 0 Å². The van der Waals surface area contributed by atoms with Crippen molar-refractivity contribution < 1.29 is 4.79 Å². The molecule has 4 nitrogen and oxygen atoms in total. The van der Waals surface area contributed by atoms with E-state index in [4.69, 9.17) is 5.26 Å². The highest BCUT2D eigenvalue weighted by Gasteiger charge is 2.27. The molecule has 1 aliphatic heterocycles. The van der Waals surface area contributed by atoms with E-state index in [1.54, 1.807) is 0 Å². The number of unbranched alkanes of at least 4 members (excludes halogenated alkanes) is 1. The van der Waals surface area contributed by atoms with Gasteiger partial charge in [0, 0.05) is 19.6 Å². The van der Waals surface area contributed by atoms with E-state index in [0.717, 1.165) is 32.5 Å². The number of carbonyl (C=O) groups is 1. The Balaban J connectivity index is 2.44. The summed E-state index contributed by atoms with van der Waals surface area (Å²) in [6.45, 7) is 4.53. The molecular weight excluding hydrogens is 178 g/mol. The van der Waals surface area contributed by atoms with Crippen LogP contribution in [0.3, 0.4) is 0 Å². The van der Waals surface area contributed by atoms with Crippen molar-refractivity contribution in [3.05, 3.63) is 0 Å². The summed E-state index contributed by atoms with van der Waals surface area (Å²) >= 11 is 0. The van der Waals surface area contributed by atoms with Crippen LogP contribution < -0.4 is 5.32 Å². The molecule has 1 saturated heterocycles. The molecule has 1 N–H and O–H groups in total. The van der Waals surface area contributed by atoms with Crippen LogP contribution in [0.1, 0.15) is 26.2 Å². The fraction of sp³-hybridized carbons (Fsp3) is 0.800. The number of amides is 1. The second-order valence-corrected chi connectivity index (χ2v) is 3.55. The molecule has 1 unspecified atom stereocenters. The second-order valence-electron chi connectivity index (χ2n) is 3.55. The summed E-state index contributed by atoms with van der Waals surface area (Å²) in [4.78, 5) is 13.6. The summed E-state index contributed by atoms with van der Waals surface area (Å²) in [5.41, 5.74) is 0. The van der Waals surface area contributed by atoms with E-state index in [1.807, 2.05) is 11.0 Å². The predicted octanol–water partition coefficient (Wildman–Crippen LogP) is 0.501. The fourth-order valence-corrected chi connectivity index (χ4v) is 1.61. The van der Waals surface area contributed by atoms with Gasteiger partial charge >= 0.3 is 0 Å². The highest BCUT2D eigenvalue weighted by atomic mass is 16.2. The first-order valence-corrected chi connectivity index (χ1v) is 5.18. The number of piperazine rings is 1. The lowest BCUT2D eigenvalue weighted by Crippen LogP contribution is -2.54. The molecule has 4 heteroatoms. The maximum absolute atomic E-state index is 11.7. The predicted molar refractivity (Wildman–Crippen MR) is 53.5 cm³/mol. The van der Waals surface area contributed by atoms with E-state index in [2.05, 4.69) is 12.2 Å². The van der Waals surface area contributed by atoms with Gasteiger partial charge < -0.3 is 10.2 Å². The first-order chi connectivity index (χ1) is 6.79. The van der Waals surface area contributed by atoms with E-state index < -0.39 is 0 Å². The maximum Gasteiger partial charge on any atom is 0.240 e. The molecule has 1 fully saturated rings. The van der Waals surface area contributed by atoms with Crippen molar-refractivity contribution in [1.29, 1.82) is 5.26 Å². The van der Waals surface area contributed by atoms with E-state index >= 15 is 0 Å². The molecule has 1 amide bonds. The van der Waals surface area contributed by atoms with E-state index in [-0.39, 0.29) is 18.4 Å². The summed E-state index contributed by atoms with van der Waals surface area (Å²) in [5, 5.41) is 11.6.